The lowest BCUT2D eigenvalue weighted by Crippen LogP contribution is -2.37. The molecule has 0 fully saturated rings. The first-order valence-corrected chi connectivity index (χ1v) is 12.7. The quantitative estimate of drug-likeness (QED) is 0.335. The zero-order valence-electron chi connectivity index (χ0n) is 20.9. The van der Waals surface area contributed by atoms with Crippen LogP contribution in [0.5, 0.6) is 11.5 Å². The molecule has 0 radical (unpaired) electrons. The van der Waals surface area contributed by atoms with Gasteiger partial charge in [-0.15, -0.1) is 0 Å². The van der Waals surface area contributed by atoms with E-state index in [4.69, 9.17) is 13.7 Å². The minimum Gasteiger partial charge on any atom is -0.493 e. The molecule has 0 saturated carbocycles. The van der Waals surface area contributed by atoms with Gasteiger partial charge in [-0.25, -0.2) is 4.79 Å². The molecule has 38 heavy (non-hydrogen) atoms. The molecule has 1 N–H and O–H groups in total. The summed E-state index contributed by atoms with van der Waals surface area (Å²) in [6.45, 7) is 2.36. The number of urea groups is 1. The maximum atomic E-state index is 13.1. The Morgan fingerprint density at radius 2 is 1.71 bits per heavy atom. The standard InChI is InChI=1S/C26H27F3N2O6S/c1-18-7-4-5-10-22(18)30-25(32)31(13-14-35-2)17-19-11-12-23(36-3)24(15-19)37-38(33,34)21-9-6-8-20(16-21)26(27,28)29/h4-12,15-16H,13-14,17H2,1-3H3,(H,30,32). The van der Waals surface area contributed by atoms with Crippen LogP contribution in [0.2, 0.25) is 0 Å². The Hall–Kier alpha value is -3.77. The molecule has 12 heteroatoms. The van der Waals surface area contributed by atoms with Gasteiger partial charge in [-0.1, -0.05) is 30.3 Å². The normalized spacial score (nSPS) is 11.6. The molecular formula is C26H27F3N2O6S. The zero-order chi connectivity index (χ0) is 27.9. The lowest BCUT2D eigenvalue weighted by Gasteiger charge is -2.24. The Morgan fingerprint density at radius 3 is 2.37 bits per heavy atom. The molecule has 0 aliphatic rings. The van der Waals surface area contributed by atoms with Crippen molar-refractivity contribution in [2.75, 3.05) is 32.7 Å². The molecule has 0 aromatic heterocycles. The van der Waals surface area contributed by atoms with Gasteiger partial charge in [0.15, 0.2) is 11.5 Å². The maximum Gasteiger partial charge on any atom is 0.416 e. The summed E-state index contributed by atoms with van der Waals surface area (Å²) >= 11 is 0. The van der Waals surface area contributed by atoms with Crippen LogP contribution in [0.1, 0.15) is 16.7 Å². The fourth-order valence-electron chi connectivity index (χ4n) is 3.46. The van der Waals surface area contributed by atoms with Gasteiger partial charge in [0.1, 0.15) is 4.90 Å². The second-order valence-corrected chi connectivity index (χ2v) is 9.75. The van der Waals surface area contributed by atoms with Crippen LogP contribution < -0.4 is 14.2 Å². The lowest BCUT2D eigenvalue weighted by molar-refractivity contribution is -0.137. The van der Waals surface area contributed by atoms with Gasteiger partial charge in [-0.2, -0.15) is 21.6 Å². The largest absolute Gasteiger partial charge is 0.493 e. The first-order chi connectivity index (χ1) is 17.9. The van der Waals surface area contributed by atoms with E-state index in [1.165, 1.54) is 31.3 Å². The minimum absolute atomic E-state index is 0.0390. The second-order valence-electron chi connectivity index (χ2n) is 8.21. The van der Waals surface area contributed by atoms with E-state index in [1.54, 1.807) is 18.2 Å². The highest BCUT2D eigenvalue weighted by Gasteiger charge is 2.32. The Labute approximate surface area is 219 Å². The first-order valence-electron chi connectivity index (χ1n) is 11.3. The van der Waals surface area contributed by atoms with E-state index in [0.717, 1.165) is 23.8 Å². The Morgan fingerprint density at radius 1 is 0.974 bits per heavy atom. The molecule has 2 amide bonds. The molecule has 0 aliphatic heterocycles. The number of hydrogen-bond acceptors (Lipinski definition) is 6. The number of aryl methyl sites for hydroxylation is 1. The van der Waals surface area contributed by atoms with Crippen LogP contribution in [0, 0.1) is 6.92 Å². The number of halogens is 3. The van der Waals surface area contributed by atoms with Crippen molar-refractivity contribution in [3.63, 3.8) is 0 Å². The van der Waals surface area contributed by atoms with Crippen LogP contribution in [-0.4, -0.2) is 46.7 Å². The average Bonchev–Trinajstić information content (AvgIpc) is 2.87. The van der Waals surface area contributed by atoms with E-state index in [0.29, 0.717) is 17.3 Å². The van der Waals surface area contributed by atoms with Gasteiger partial charge in [-0.3, -0.25) is 0 Å². The van der Waals surface area contributed by atoms with E-state index < -0.39 is 32.8 Å². The predicted molar refractivity (Wildman–Crippen MR) is 135 cm³/mol. The zero-order valence-corrected chi connectivity index (χ0v) is 21.7. The van der Waals surface area contributed by atoms with Crippen molar-refractivity contribution in [1.82, 2.24) is 4.90 Å². The van der Waals surface area contributed by atoms with Crippen molar-refractivity contribution < 1.29 is 40.0 Å². The summed E-state index contributed by atoms with van der Waals surface area (Å²) < 4.78 is 80.4. The first kappa shape index (κ1) is 28.8. The molecule has 0 heterocycles. The van der Waals surface area contributed by atoms with E-state index in [1.807, 2.05) is 19.1 Å². The SMILES string of the molecule is COCCN(Cc1ccc(OC)c(OS(=O)(=O)c2cccc(C(F)(F)F)c2)c1)C(=O)Nc1ccccc1C. The van der Waals surface area contributed by atoms with Gasteiger partial charge in [0.2, 0.25) is 0 Å². The van der Waals surface area contributed by atoms with Crippen LogP contribution in [-0.2, 0) is 27.6 Å². The highest BCUT2D eigenvalue weighted by atomic mass is 32.2. The third kappa shape index (κ3) is 7.39. The van der Waals surface area contributed by atoms with Gasteiger partial charge >= 0.3 is 22.3 Å². The van der Waals surface area contributed by atoms with E-state index in [2.05, 4.69) is 5.32 Å². The van der Waals surface area contributed by atoms with Gasteiger partial charge in [0.05, 0.1) is 19.3 Å². The highest BCUT2D eigenvalue weighted by molar-refractivity contribution is 7.87. The molecule has 0 saturated heterocycles. The molecule has 0 spiro atoms. The van der Waals surface area contributed by atoms with Crippen LogP contribution in [0.4, 0.5) is 23.7 Å². The fourth-order valence-corrected chi connectivity index (χ4v) is 4.44. The third-order valence-corrected chi connectivity index (χ3v) is 6.72. The van der Waals surface area contributed by atoms with Crippen molar-refractivity contribution in [2.24, 2.45) is 0 Å². The van der Waals surface area contributed by atoms with Crippen molar-refractivity contribution in [3.05, 3.63) is 83.4 Å². The van der Waals surface area contributed by atoms with Crippen LogP contribution in [0.3, 0.4) is 0 Å². The Bertz CT molecular complexity index is 1380. The lowest BCUT2D eigenvalue weighted by atomic mass is 10.2. The van der Waals surface area contributed by atoms with E-state index in [9.17, 15) is 26.4 Å². The molecule has 3 aromatic rings. The number of methoxy groups -OCH3 is 2. The minimum atomic E-state index is -4.73. The topological polar surface area (TPSA) is 94.2 Å². The van der Waals surface area contributed by atoms with Gasteiger partial charge in [0.25, 0.3) is 0 Å². The average molecular weight is 553 g/mol. The van der Waals surface area contributed by atoms with E-state index in [-0.39, 0.29) is 31.2 Å². The fraction of sp³-hybridized carbons (Fsp3) is 0.269. The maximum absolute atomic E-state index is 13.1. The Kier molecular flexibility index (Phi) is 9.23. The van der Waals surface area contributed by atoms with Gasteiger partial charge < -0.3 is 23.9 Å². The summed E-state index contributed by atoms with van der Waals surface area (Å²) in [5.41, 5.74) is 0.853. The van der Waals surface area contributed by atoms with Crippen molar-refractivity contribution in [3.8, 4) is 11.5 Å². The summed E-state index contributed by atoms with van der Waals surface area (Å²) in [4.78, 5) is 13.8. The van der Waals surface area contributed by atoms with Crippen molar-refractivity contribution in [1.29, 1.82) is 0 Å². The van der Waals surface area contributed by atoms with Crippen molar-refractivity contribution in [2.45, 2.75) is 24.5 Å². The molecular weight excluding hydrogens is 525 g/mol. The van der Waals surface area contributed by atoms with Crippen LogP contribution in [0.15, 0.2) is 71.6 Å². The van der Waals surface area contributed by atoms with E-state index >= 15 is 0 Å². The van der Waals surface area contributed by atoms with Gasteiger partial charge in [0, 0.05) is 25.9 Å². The Balaban J connectivity index is 1.87. The number of ether oxygens (including phenoxy) is 2. The number of nitrogens with zero attached hydrogens (tertiary/aromatic N) is 1. The number of hydrogen-bond donors (Lipinski definition) is 1. The summed E-state index contributed by atoms with van der Waals surface area (Å²) in [7, 11) is -1.86. The molecule has 0 aliphatic carbocycles. The summed E-state index contributed by atoms with van der Waals surface area (Å²) in [6.07, 6.45) is -4.73. The number of amides is 2. The number of rotatable bonds is 10. The molecule has 0 bridgehead atoms. The monoisotopic (exact) mass is 552 g/mol. The summed E-state index contributed by atoms with van der Waals surface area (Å²) in [5.74, 6) is -0.203. The second kappa shape index (κ2) is 12.2. The highest BCUT2D eigenvalue weighted by Crippen LogP contribution is 2.34. The van der Waals surface area contributed by atoms with Crippen LogP contribution in [0.25, 0.3) is 0 Å². The van der Waals surface area contributed by atoms with Crippen molar-refractivity contribution >= 4 is 21.8 Å². The smallest absolute Gasteiger partial charge is 0.416 e. The summed E-state index contributed by atoms with van der Waals surface area (Å²) in [6, 6.07) is 14.5. The molecule has 204 valence electrons. The number of alkyl halides is 3. The third-order valence-electron chi connectivity index (χ3n) is 5.49. The van der Waals surface area contributed by atoms with Crippen LogP contribution >= 0.6 is 0 Å². The molecule has 3 aromatic carbocycles. The number of nitrogens with one attached hydrogen (secondary N) is 1. The molecule has 0 unspecified atom stereocenters. The molecule has 8 nitrogen and oxygen atoms in total. The molecule has 3 rings (SSSR count). The number of carbonyl (C=O) groups excluding carboxylic acids is 1. The number of para-hydroxylation sites is 1. The number of anilines is 1. The van der Waals surface area contributed by atoms with Gasteiger partial charge in [-0.05, 0) is 54.4 Å². The molecule has 0 atom stereocenters. The predicted octanol–water partition coefficient (Wildman–Crippen LogP) is 5.47. The number of benzene rings is 3. The summed E-state index contributed by atoms with van der Waals surface area (Å²) in [5, 5.41) is 2.84. The number of carbonyl (C=O) groups is 1.